The van der Waals surface area contributed by atoms with E-state index in [1.54, 1.807) is 23.7 Å². The fraction of sp³-hybridized carbons (Fsp3) is 0.312. The molecule has 0 aliphatic rings. The third-order valence-corrected chi connectivity index (χ3v) is 3.95. The van der Waals surface area contributed by atoms with Gasteiger partial charge in [0, 0.05) is 17.6 Å². The molecule has 0 fully saturated rings. The van der Waals surface area contributed by atoms with Gasteiger partial charge in [-0.15, -0.1) is 11.8 Å². The maximum absolute atomic E-state index is 12.1. The topological polar surface area (TPSA) is 45.5 Å². The summed E-state index contributed by atoms with van der Waals surface area (Å²) in [7, 11) is 1.78. The van der Waals surface area contributed by atoms with Crippen molar-refractivity contribution in [1.82, 2.24) is 4.90 Å². The molecule has 2 aromatic rings. The van der Waals surface area contributed by atoms with Crippen LogP contribution in [0.4, 0.5) is 5.69 Å². The summed E-state index contributed by atoms with van der Waals surface area (Å²) in [4.78, 5) is 14.9. The van der Waals surface area contributed by atoms with Crippen molar-refractivity contribution in [2.75, 3.05) is 25.2 Å². The van der Waals surface area contributed by atoms with Crippen LogP contribution in [0.25, 0.3) is 0 Å². The normalized spacial score (nSPS) is 10.4. The van der Waals surface area contributed by atoms with Crippen molar-refractivity contribution in [3.63, 3.8) is 0 Å². The van der Waals surface area contributed by atoms with E-state index in [9.17, 15) is 4.79 Å². The monoisotopic (exact) mass is 304 g/mol. The molecule has 0 unspecified atom stereocenters. The molecule has 1 aromatic carbocycles. The Morgan fingerprint density at radius 1 is 1.29 bits per heavy atom. The van der Waals surface area contributed by atoms with Gasteiger partial charge in [-0.25, -0.2) is 0 Å². The molecule has 21 heavy (non-hydrogen) atoms. The molecule has 112 valence electrons. The number of nitrogens with one attached hydrogen (secondary N) is 1. The molecular weight excluding hydrogens is 284 g/mol. The Kier molecular flexibility index (Phi) is 5.33. The van der Waals surface area contributed by atoms with E-state index in [2.05, 4.69) is 5.32 Å². The Labute approximate surface area is 129 Å². The number of furan rings is 1. The van der Waals surface area contributed by atoms with Crippen LogP contribution >= 0.6 is 11.8 Å². The summed E-state index contributed by atoms with van der Waals surface area (Å²) in [6.07, 6.45) is 2.02. The number of anilines is 1. The third kappa shape index (κ3) is 4.29. The number of hydrogen-bond acceptors (Lipinski definition) is 4. The fourth-order valence-corrected chi connectivity index (χ4v) is 2.56. The lowest BCUT2D eigenvalue weighted by atomic mass is 10.3. The molecular formula is C16H20N2O2S. The molecule has 1 N–H and O–H groups in total. The average molecular weight is 304 g/mol. The predicted molar refractivity (Wildman–Crippen MR) is 86.6 cm³/mol. The largest absolute Gasteiger partial charge is 0.464 e. The second-order valence-corrected chi connectivity index (χ2v) is 5.66. The molecule has 1 aromatic heterocycles. The minimum absolute atomic E-state index is 0.0277. The summed E-state index contributed by atoms with van der Waals surface area (Å²) in [5.41, 5.74) is 0.987. The van der Waals surface area contributed by atoms with Gasteiger partial charge in [0.05, 0.1) is 13.1 Å². The van der Waals surface area contributed by atoms with E-state index < -0.39 is 0 Å². The van der Waals surface area contributed by atoms with Gasteiger partial charge in [0.25, 0.3) is 0 Å². The molecule has 0 bridgehead atoms. The summed E-state index contributed by atoms with van der Waals surface area (Å²) in [6.45, 7) is 2.65. The summed E-state index contributed by atoms with van der Waals surface area (Å²) in [5, 5.41) is 3.19. The van der Waals surface area contributed by atoms with Gasteiger partial charge in [0.15, 0.2) is 0 Å². The van der Waals surface area contributed by atoms with Crippen LogP contribution in [0.15, 0.2) is 45.7 Å². The van der Waals surface area contributed by atoms with Crippen molar-refractivity contribution in [1.29, 1.82) is 0 Å². The van der Waals surface area contributed by atoms with Gasteiger partial charge in [0.1, 0.15) is 11.5 Å². The number of hydrogen-bond donors (Lipinski definition) is 1. The predicted octanol–water partition coefficient (Wildman–Crippen LogP) is 3.38. The zero-order valence-corrected chi connectivity index (χ0v) is 13.4. The van der Waals surface area contributed by atoms with Gasteiger partial charge >= 0.3 is 0 Å². The zero-order valence-electron chi connectivity index (χ0n) is 12.6. The summed E-state index contributed by atoms with van der Waals surface area (Å²) >= 11 is 1.66. The second-order valence-electron chi connectivity index (χ2n) is 4.82. The first kappa shape index (κ1) is 15.5. The van der Waals surface area contributed by atoms with Crippen LogP contribution in [0.5, 0.6) is 0 Å². The van der Waals surface area contributed by atoms with Crippen LogP contribution in [-0.4, -0.2) is 30.7 Å². The number of benzene rings is 1. The van der Waals surface area contributed by atoms with E-state index in [0.717, 1.165) is 22.1 Å². The van der Waals surface area contributed by atoms with Crippen LogP contribution < -0.4 is 5.32 Å². The standard InChI is InChI=1S/C16H20N2O2S/c1-12-8-9-13(20-12)11-18(2)16(19)10-17-14-6-4-5-7-15(14)21-3/h4-9,17H,10-11H2,1-3H3. The van der Waals surface area contributed by atoms with Gasteiger partial charge in [-0.3, -0.25) is 4.79 Å². The van der Waals surface area contributed by atoms with Crippen molar-refractivity contribution in [2.45, 2.75) is 18.4 Å². The van der Waals surface area contributed by atoms with Gasteiger partial charge < -0.3 is 14.6 Å². The highest BCUT2D eigenvalue weighted by atomic mass is 32.2. The van der Waals surface area contributed by atoms with Crippen LogP contribution in [-0.2, 0) is 11.3 Å². The minimum atomic E-state index is 0.0277. The molecule has 2 rings (SSSR count). The van der Waals surface area contributed by atoms with Crippen LogP contribution in [0.2, 0.25) is 0 Å². The minimum Gasteiger partial charge on any atom is -0.464 e. The van der Waals surface area contributed by atoms with E-state index in [-0.39, 0.29) is 12.5 Å². The summed E-state index contributed by atoms with van der Waals surface area (Å²) in [6, 6.07) is 11.8. The molecule has 1 heterocycles. The molecule has 0 aliphatic carbocycles. The number of carbonyl (C=O) groups excluding carboxylic acids is 1. The Morgan fingerprint density at radius 3 is 2.71 bits per heavy atom. The Bertz CT molecular complexity index is 610. The molecule has 0 spiro atoms. The van der Waals surface area contributed by atoms with E-state index in [1.807, 2.05) is 49.6 Å². The molecule has 0 saturated heterocycles. The SMILES string of the molecule is CSc1ccccc1NCC(=O)N(C)Cc1ccc(C)o1. The molecule has 4 nitrogen and oxygen atoms in total. The molecule has 5 heteroatoms. The maximum atomic E-state index is 12.1. The zero-order chi connectivity index (χ0) is 15.2. The van der Waals surface area contributed by atoms with Crippen LogP contribution in [0, 0.1) is 6.92 Å². The van der Waals surface area contributed by atoms with Crippen LogP contribution in [0.3, 0.4) is 0 Å². The number of aryl methyl sites for hydroxylation is 1. The second kappa shape index (κ2) is 7.22. The first-order valence-corrected chi connectivity index (χ1v) is 7.99. The first-order valence-electron chi connectivity index (χ1n) is 6.76. The van der Waals surface area contributed by atoms with Gasteiger partial charge in [0.2, 0.25) is 5.91 Å². The van der Waals surface area contributed by atoms with Gasteiger partial charge in [-0.05, 0) is 37.4 Å². The van der Waals surface area contributed by atoms with E-state index in [1.165, 1.54) is 0 Å². The van der Waals surface area contributed by atoms with E-state index in [4.69, 9.17) is 4.42 Å². The van der Waals surface area contributed by atoms with Crippen molar-refractivity contribution in [2.24, 2.45) is 0 Å². The van der Waals surface area contributed by atoms with Crippen molar-refractivity contribution in [3.05, 3.63) is 47.9 Å². The lowest BCUT2D eigenvalue weighted by Crippen LogP contribution is -2.31. The average Bonchev–Trinajstić information content (AvgIpc) is 2.90. The van der Waals surface area contributed by atoms with Crippen molar-refractivity contribution >= 4 is 23.4 Å². The summed E-state index contributed by atoms with van der Waals surface area (Å²) in [5.74, 6) is 1.69. The summed E-state index contributed by atoms with van der Waals surface area (Å²) < 4.78 is 5.49. The number of thioether (sulfide) groups is 1. The van der Waals surface area contributed by atoms with E-state index in [0.29, 0.717) is 6.54 Å². The van der Waals surface area contributed by atoms with Crippen molar-refractivity contribution < 1.29 is 9.21 Å². The number of likely N-dealkylation sites (N-methyl/N-ethyl adjacent to an activating group) is 1. The number of nitrogens with zero attached hydrogens (tertiary/aromatic N) is 1. The van der Waals surface area contributed by atoms with Crippen molar-refractivity contribution in [3.8, 4) is 0 Å². The molecule has 1 amide bonds. The maximum Gasteiger partial charge on any atom is 0.242 e. The lowest BCUT2D eigenvalue weighted by molar-refractivity contribution is -0.128. The number of carbonyl (C=O) groups is 1. The number of amides is 1. The van der Waals surface area contributed by atoms with Gasteiger partial charge in [-0.1, -0.05) is 12.1 Å². The Balaban J connectivity index is 1.89. The fourth-order valence-electron chi connectivity index (χ4n) is 1.99. The highest BCUT2D eigenvalue weighted by Crippen LogP contribution is 2.24. The molecule has 0 saturated carbocycles. The van der Waals surface area contributed by atoms with Gasteiger partial charge in [-0.2, -0.15) is 0 Å². The quantitative estimate of drug-likeness (QED) is 0.831. The van der Waals surface area contributed by atoms with Crippen LogP contribution in [0.1, 0.15) is 11.5 Å². The Morgan fingerprint density at radius 2 is 2.05 bits per heavy atom. The molecule has 0 aliphatic heterocycles. The number of para-hydroxylation sites is 1. The molecule has 0 radical (unpaired) electrons. The highest BCUT2D eigenvalue weighted by Gasteiger charge is 2.11. The van der Waals surface area contributed by atoms with E-state index >= 15 is 0 Å². The Hall–Kier alpha value is -1.88. The number of rotatable bonds is 6. The molecule has 0 atom stereocenters. The lowest BCUT2D eigenvalue weighted by Gasteiger charge is -2.17. The smallest absolute Gasteiger partial charge is 0.242 e. The first-order chi connectivity index (χ1) is 10.1. The highest BCUT2D eigenvalue weighted by molar-refractivity contribution is 7.98. The third-order valence-electron chi connectivity index (χ3n) is 3.15.